The molecule has 0 atom stereocenters. The normalized spacial score (nSPS) is 13.7. The van der Waals surface area contributed by atoms with Crippen LogP contribution in [-0.4, -0.2) is 32.5 Å². The van der Waals surface area contributed by atoms with Crippen LogP contribution in [0.1, 0.15) is 21.7 Å². The number of pyridine rings is 1. The van der Waals surface area contributed by atoms with Crippen LogP contribution in [0.5, 0.6) is 0 Å². The third-order valence-corrected chi connectivity index (χ3v) is 4.14. The van der Waals surface area contributed by atoms with Crippen LogP contribution in [0.25, 0.3) is 11.3 Å². The summed E-state index contributed by atoms with van der Waals surface area (Å²) < 4.78 is 0. The van der Waals surface area contributed by atoms with Crippen molar-refractivity contribution in [2.45, 2.75) is 13.0 Å². The summed E-state index contributed by atoms with van der Waals surface area (Å²) in [6, 6.07) is 15.7. The number of rotatable bonds is 2. The maximum Gasteiger partial charge on any atom is 0.272 e. The van der Waals surface area contributed by atoms with E-state index in [0.29, 0.717) is 18.8 Å². The largest absolute Gasteiger partial charge is 0.331 e. The van der Waals surface area contributed by atoms with Gasteiger partial charge in [0.1, 0.15) is 5.69 Å². The Kier molecular flexibility index (Phi) is 3.38. The van der Waals surface area contributed by atoms with Gasteiger partial charge in [0.05, 0.1) is 17.9 Å². The number of hydrogen-bond donors (Lipinski definition) is 1. The Morgan fingerprint density at radius 2 is 2.00 bits per heavy atom. The molecule has 5 heteroatoms. The van der Waals surface area contributed by atoms with E-state index >= 15 is 0 Å². The number of amides is 1. The second-order valence-electron chi connectivity index (χ2n) is 5.62. The molecule has 0 radical (unpaired) electrons. The number of fused-ring (bicyclic) bond motifs is 1. The van der Waals surface area contributed by atoms with Crippen molar-refractivity contribution in [3.05, 3.63) is 71.7 Å². The fourth-order valence-corrected chi connectivity index (χ4v) is 2.89. The van der Waals surface area contributed by atoms with Crippen LogP contribution < -0.4 is 0 Å². The molecule has 2 aromatic heterocycles. The first kappa shape index (κ1) is 13.7. The molecule has 1 amide bonds. The highest BCUT2D eigenvalue weighted by Gasteiger charge is 2.23. The van der Waals surface area contributed by atoms with Crippen molar-refractivity contribution in [3.63, 3.8) is 0 Å². The number of nitrogens with one attached hydrogen (secondary N) is 1. The predicted octanol–water partition coefficient (Wildman–Crippen LogP) is 2.67. The van der Waals surface area contributed by atoms with E-state index in [-0.39, 0.29) is 5.91 Å². The summed E-state index contributed by atoms with van der Waals surface area (Å²) in [5.41, 5.74) is 4.50. The molecule has 0 saturated carbocycles. The molecule has 0 unspecified atom stereocenters. The van der Waals surface area contributed by atoms with Crippen molar-refractivity contribution in [1.29, 1.82) is 0 Å². The quantitative estimate of drug-likeness (QED) is 0.792. The van der Waals surface area contributed by atoms with Crippen molar-refractivity contribution in [1.82, 2.24) is 20.1 Å². The average Bonchev–Trinajstić information content (AvgIpc) is 3.11. The maximum absolute atomic E-state index is 12.7. The summed E-state index contributed by atoms with van der Waals surface area (Å²) in [6.07, 6.45) is 2.62. The first-order valence-corrected chi connectivity index (χ1v) is 7.64. The number of nitrogens with zero attached hydrogens (tertiary/aromatic N) is 3. The lowest BCUT2D eigenvalue weighted by Crippen LogP contribution is -2.36. The van der Waals surface area contributed by atoms with Crippen LogP contribution in [-0.2, 0) is 13.0 Å². The highest BCUT2D eigenvalue weighted by molar-refractivity contribution is 5.93. The number of H-pyrrole nitrogens is 1. The maximum atomic E-state index is 12.7. The van der Waals surface area contributed by atoms with E-state index in [1.165, 1.54) is 5.56 Å². The van der Waals surface area contributed by atoms with E-state index in [4.69, 9.17) is 0 Å². The minimum Gasteiger partial charge on any atom is -0.331 e. The zero-order valence-corrected chi connectivity index (χ0v) is 12.6. The van der Waals surface area contributed by atoms with Gasteiger partial charge >= 0.3 is 0 Å². The van der Waals surface area contributed by atoms with Gasteiger partial charge in [0.15, 0.2) is 0 Å². The van der Waals surface area contributed by atoms with Gasteiger partial charge in [-0.1, -0.05) is 36.4 Å². The SMILES string of the molecule is O=C(c1cc(-c2ccccc2)n[nH]1)N1CCc2cccnc2C1. The van der Waals surface area contributed by atoms with Crippen LogP contribution in [0, 0.1) is 0 Å². The Morgan fingerprint density at radius 1 is 1.13 bits per heavy atom. The average molecular weight is 304 g/mol. The molecule has 23 heavy (non-hydrogen) atoms. The minimum atomic E-state index is -0.0315. The molecule has 4 rings (SSSR count). The number of benzene rings is 1. The lowest BCUT2D eigenvalue weighted by molar-refractivity contribution is 0.0726. The first-order valence-electron chi connectivity index (χ1n) is 7.64. The smallest absolute Gasteiger partial charge is 0.272 e. The van der Waals surface area contributed by atoms with Crippen LogP contribution >= 0.6 is 0 Å². The molecule has 1 aliphatic rings. The molecule has 0 saturated heterocycles. The van der Waals surface area contributed by atoms with Crippen molar-refractivity contribution < 1.29 is 4.79 Å². The second-order valence-corrected chi connectivity index (χ2v) is 5.62. The summed E-state index contributed by atoms with van der Waals surface area (Å²) in [6.45, 7) is 1.26. The molecule has 0 spiro atoms. The zero-order valence-electron chi connectivity index (χ0n) is 12.6. The topological polar surface area (TPSA) is 61.9 Å². The molecule has 1 N–H and O–H groups in total. The van der Waals surface area contributed by atoms with Crippen LogP contribution in [0.3, 0.4) is 0 Å². The van der Waals surface area contributed by atoms with Gasteiger partial charge in [-0.25, -0.2) is 0 Å². The Balaban J connectivity index is 1.55. The van der Waals surface area contributed by atoms with Gasteiger partial charge in [-0.2, -0.15) is 5.10 Å². The second kappa shape index (κ2) is 5.68. The minimum absolute atomic E-state index is 0.0315. The summed E-state index contributed by atoms with van der Waals surface area (Å²) in [5.74, 6) is -0.0315. The number of carbonyl (C=O) groups is 1. The van der Waals surface area contributed by atoms with E-state index in [1.54, 1.807) is 6.20 Å². The Morgan fingerprint density at radius 3 is 2.87 bits per heavy atom. The molecule has 114 valence electrons. The zero-order chi connectivity index (χ0) is 15.6. The van der Waals surface area contributed by atoms with Gasteiger partial charge in [0.25, 0.3) is 5.91 Å². The van der Waals surface area contributed by atoms with Crippen LogP contribution in [0.2, 0.25) is 0 Å². The fraction of sp³-hybridized carbons (Fsp3) is 0.167. The molecular formula is C18H16N4O. The molecule has 3 aromatic rings. The molecule has 1 aliphatic heterocycles. The van der Waals surface area contributed by atoms with Gasteiger partial charge in [0, 0.05) is 18.3 Å². The van der Waals surface area contributed by atoms with Gasteiger partial charge in [-0.3, -0.25) is 14.9 Å². The van der Waals surface area contributed by atoms with Crippen LogP contribution in [0.4, 0.5) is 0 Å². The third kappa shape index (κ3) is 2.61. The van der Waals surface area contributed by atoms with E-state index in [9.17, 15) is 4.79 Å². The fourth-order valence-electron chi connectivity index (χ4n) is 2.89. The van der Waals surface area contributed by atoms with E-state index in [0.717, 1.165) is 23.4 Å². The van der Waals surface area contributed by atoms with Crippen molar-refractivity contribution in [3.8, 4) is 11.3 Å². The lowest BCUT2D eigenvalue weighted by atomic mass is 10.0. The van der Waals surface area contributed by atoms with Gasteiger partial charge in [-0.15, -0.1) is 0 Å². The summed E-state index contributed by atoms with van der Waals surface area (Å²) in [4.78, 5) is 18.9. The highest BCUT2D eigenvalue weighted by Crippen LogP contribution is 2.21. The van der Waals surface area contributed by atoms with Gasteiger partial charge in [0.2, 0.25) is 0 Å². The van der Waals surface area contributed by atoms with Crippen LogP contribution in [0.15, 0.2) is 54.7 Å². The van der Waals surface area contributed by atoms with E-state index in [1.807, 2.05) is 47.4 Å². The van der Waals surface area contributed by atoms with E-state index in [2.05, 4.69) is 21.2 Å². The molecule has 3 heterocycles. The Labute approximate surface area is 134 Å². The van der Waals surface area contributed by atoms with Gasteiger partial charge < -0.3 is 4.90 Å². The standard InChI is InChI=1S/C18H16N4O/c23-18(22-10-8-14-7-4-9-19-17(14)12-22)16-11-15(20-21-16)13-5-2-1-3-6-13/h1-7,9,11H,8,10,12H2,(H,20,21). The molecule has 1 aromatic carbocycles. The molecule has 5 nitrogen and oxygen atoms in total. The predicted molar refractivity (Wildman–Crippen MR) is 86.7 cm³/mol. The number of hydrogen-bond acceptors (Lipinski definition) is 3. The summed E-state index contributed by atoms with van der Waals surface area (Å²) in [5, 5.41) is 7.12. The van der Waals surface area contributed by atoms with E-state index < -0.39 is 0 Å². The molecular weight excluding hydrogens is 288 g/mol. The molecule has 0 bridgehead atoms. The Bertz CT molecular complexity index is 841. The van der Waals surface area contributed by atoms with Crippen molar-refractivity contribution >= 4 is 5.91 Å². The number of aromatic nitrogens is 3. The lowest BCUT2D eigenvalue weighted by Gasteiger charge is -2.27. The number of aromatic amines is 1. The van der Waals surface area contributed by atoms with Gasteiger partial charge in [-0.05, 0) is 24.1 Å². The summed E-state index contributed by atoms with van der Waals surface area (Å²) in [7, 11) is 0. The Hall–Kier alpha value is -2.95. The molecule has 0 fully saturated rings. The summed E-state index contributed by atoms with van der Waals surface area (Å²) >= 11 is 0. The third-order valence-electron chi connectivity index (χ3n) is 4.14. The number of carbonyl (C=O) groups excluding carboxylic acids is 1. The van der Waals surface area contributed by atoms with Crippen molar-refractivity contribution in [2.75, 3.05) is 6.54 Å². The first-order chi connectivity index (χ1) is 11.3. The monoisotopic (exact) mass is 304 g/mol. The van der Waals surface area contributed by atoms with Crippen molar-refractivity contribution in [2.24, 2.45) is 0 Å². The highest BCUT2D eigenvalue weighted by atomic mass is 16.2. The molecule has 0 aliphatic carbocycles.